The predicted octanol–water partition coefficient (Wildman–Crippen LogP) is 2.74. The second-order valence-corrected chi connectivity index (χ2v) is 8.96. The zero-order valence-corrected chi connectivity index (χ0v) is 18.7. The minimum atomic E-state index is 0.105. The molecule has 0 N–H and O–H groups in total. The van der Waals surface area contributed by atoms with Gasteiger partial charge in [0.15, 0.2) is 0 Å². The van der Waals surface area contributed by atoms with E-state index in [1.165, 1.54) is 5.56 Å². The average molecular weight is 431 g/mol. The number of hydrogen-bond acceptors (Lipinski definition) is 5. The van der Waals surface area contributed by atoms with Gasteiger partial charge >= 0.3 is 0 Å². The number of hydrogen-bond donors (Lipinski definition) is 0. The molecule has 7 heteroatoms. The lowest BCUT2D eigenvalue weighted by molar-refractivity contribution is -0.136. The summed E-state index contributed by atoms with van der Waals surface area (Å²) in [7, 11) is 3.85. The molecule has 32 heavy (non-hydrogen) atoms. The Labute approximate surface area is 189 Å². The predicted molar refractivity (Wildman–Crippen MR) is 125 cm³/mol. The number of benzene rings is 1. The summed E-state index contributed by atoms with van der Waals surface area (Å²) in [6, 6.07) is 10.7. The molecule has 1 saturated heterocycles. The number of aryl methyl sites for hydroxylation is 1. The summed E-state index contributed by atoms with van der Waals surface area (Å²) < 4.78 is 1.81. The van der Waals surface area contributed by atoms with Gasteiger partial charge in [-0.15, -0.1) is 0 Å². The van der Waals surface area contributed by atoms with Gasteiger partial charge in [0.2, 0.25) is 5.91 Å². The first-order valence-electron chi connectivity index (χ1n) is 11.3. The molecule has 166 valence electrons. The second-order valence-electron chi connectivity index (χ2n) is 8.96. The Morgan fingerprint density at radius 3 is 2.66 bits per heavy atom. The van der Waals surface area contributed by atoms with Crippen LogP contribution in [-0.2, 0) is 18.4 Å². The van der Waals surface area contributed by atoms with Crippen molar-refractivity contribution in [2.75, 3.05) is 20.1 Å². The molecule has 1 amide bonds. The van der Waals surface area contributed by atoms with Crippen LogP contribution in [0.15, 0.2) is 66.2 Å². The Morgan fingerprint density at radius 1 is 1.16 bits per heavy atom. The molecule has 0 spiro atoms. The maximum Gasteiger partial charge on any atom is 0.225 e. The van der Waals surface area contributed by atoms with Crippen molar-refractivity contribution in [3.63, 3.8) is 0 Å². The smallest absolute Gasteiger partial charge is 0.225 e. The molecular weight excluding hydrogens is 400 g/mol. The zero-order valence-electron chi connectivity index (χ0n) is 18.7. The standard InChI is InChI=1S/C25H30N6O/c1-28(16-19-6-4-3-5-7-19)25(32)20-10-12-30(13-11-20)24-15-27-31-18-21(8-9-23(24)31)22-14-26-29(2)17-22/h3-9,14-15,17-18,20,23-24H,10-13,16H2,1-2H3. The van der Waals surface area contributed by atoms with E-state index >= 15 is 0 Å². The van der Waals surface area contributed by atoms with Crippen LogP contribution in [0.4, 0.5) is 0 Å². The maximum atomic E-state index is 13.0. The third-order valence-electron chi connectivity index (χ3n) is 6.73. The van der Waals surface area contributed by atoms with E-state index in [1.807, 2.05) is 54.3 Å². The number of allylic oxidation sites excluding steroid dienone is 2. The van der Waals surface area contributed by atoms with Crippen LogP contribution >= 0.6 is 0 Å². The van der Waals surface area contributed by atoms with Crippen LogP contribution in [0, 0.1) is 5.92 Å². The largest absolute Gasteiger partial charge is 0.341 e. The van der Waals surface area contributed by atoms with Crippen molar-refractivity contribution in [3.05, 3.63) is 72.2 Å². The van der Waals surface area contributed by atoms with Crippen LogP contribution in [0.2, 0.25) is 0 Å². The molecule has 2 atom stereocenters. The number of hydrazone groups is 1. The molecule has 1 fully saturated rings. The van der Waals surface area contributed by atoms with Gasteiger partial charge in [-0.05, 0) is 31.5 Å². The number of aromatic nitrogens is 2. The third-order valence-corrected chi connectivity index (χ3v) is 6.73. The number of rotatable bonds is 5. The number of nitrogens with zero attached hydrogens (tertiary/aromatic N) is 6. The summed E-state index contributed by atoms with van der Waals surface area (Å²) in [5, 5.41) is 11.0. The van der Waals surface area contributed by atoms with Gasteiger partial charge < -0.3 is 4.90 Å². The molecule has 7 nitrogen and oxygen atoms in total. The van der Waals surface area contributed by atoms with E-state index in [0.717, 1.165) is 37.1 Å². The highest BCUT2D eigenvalue weighted by molar-refractivity contribution is 5.79. The molecule has 1 aromatic heterocycles. The molecule has 1 aromatic carbocycles. The lowest BCUT2D eigenvalue weighted by Gasteiger charge is -2.38. The fourth-order valence-electron chi connectivity index (χ4n) is 4.92. The molecule has 3 aliphatic rings. The van der Waals surface area contributed by atoms with Crippen molar-refractivity contribution in [2.24, 2.45) is 18.1 Å². The highest BCUT2D eigenvalue weighted by atomic mass is 16.2. The van der Waals surface area contributed by atoms with E-state index in [1.54, 1.807) is 0 Å². The summed E-state index contributed by atoms with van der Waals surface area (Å²) >= 11 is 0. The number of amides is 1. The zero-order chi connectivity index (χ0) is 22.1. The van der Waals surface area contributed by atoms with Gasteiger partial charge in [-0.1, -0.05) is 42.5 Å². The fourth-order valence-corrected chi connectivity index (χ4v) is 4.92. The minimum absolute atomic E-state index is 0.105. The molecule has 0 aliphatic carbocycles. The molecule has 0 bridgehead atoms. The summed E-state index contributed by atoms with van der Waals surface area (Å²) in [5.41, 5.74) is 3.39. The van der Waals surface area contributed by atoms with Gasteiger partial charge in [-0.2, -0.15) is 10.2 Å². The summed E-state index contributed by atoms with van der Waals surface area (Å²) in [5.74, 6) is 0.366. The number of piperidine rings is 1. The van der Waals surface area contributed by atoms with Crippen LogP contribution in [-0.4, -0.2) is 68.9 Å². The fraction of sp³-hybridized carbons (Fsp3) is 0.400. The highest BCUT2D eigenvalue weighted by Gasteiger charge is 2.37. The monoisotopic (exact) mass is 430 g/mol. The topological polar surface area (TPSA) is 57.0 Å². The first kappa shape index (κ1) is 20.7. The lowest BCUT2D eigenvalue weighted by atomic mass is 9.92. The number of fused-ring (bicyclic) bond motifs is 1. The van der Waals surface area contributed by atoms with Gasteiger partial charge in [-0.3, -0.25) is 19.4 Å². The van der Waals surface area contributed by atoms with E-state index in [0.29, 0.717) is 6.54 Å². The molecule has 2 aromatic rings. The number of carbonyl (C=O) groups excluding carboxylic acids is 1. The van der Waals surface area contributed by atoms with Crippen LogP contribution in [0.25, 0.3) is 5.57 Å². The molecule has 3 aliphatic heterocycles. The van der Waals surface area contributed by atoms with Crippen LogP contribution < -0.4 is 0 Å². The lowest BCUT2D eigenvalue weighted by Crippen LogP contribution is -2.50. The Bertz CT molecular complexity index is 1050. The van der Waals surface area contributed by atoms with Crippen molar-refractivity contribution in [2.45, 2.75) is 31.5 Å². The summed E-state index contributed by atoms with van der Waals surface area (Å²) in [6.45, 7) is 2.51. The summed E-state index contributed by atoms with van der Waals surface area (Å²) in [4.78, 5) is 17.3. The first-order valence-corrected chi connectivity index (χ1v) is 11.3. The van der Waals surface area contributed by atoms with Gasteiger partial charge in [0, 0.05) is 56.3 Å². The minimum Gasteiger partial charge on any atom is -0.341 e. The molecule has 0 saturated carbocycles. The van der Waals surface area contributed by atoms with Gasteiger partial charge in [0.1, 0.15) is 0 Å². The number of carbonyl (C=O) groups is 1. The Hall–Kier alpha value is -3.19. The maximum absolute atomic E-state index is 13.0. The molecular formula is C25H30N6O. The van der Waals surface area contributed by atoms with Crippen LogP contribution in [0.5, 0.6) is 0 Å². The third kappa shape index (κ3) is 4.12. The van der Waals surface area contributed by atoms with Gasteiger partial charge in [0.05, 0.1) is 18.3 Å². The molecule has 2 unspecified atom stereocenters. The average Bonchev–Trinajstić information content (AvgIpc) is 3.45. The molecule has 4 heterocycles. The Kier molecular flexibility index (Phi) is 5.66. The summed E-state index contributed by atoms with van der Waals surface area (Å²) in [6.07, 6.45) is 14.3. The van der Waals surface area contributed by atoms with E-state index in [4.69, 9.17) is 0 Å². The Balaban J connectivity index is 1.16. The number of likely N-dealkylation sites (tertiary alicyclic amines) is 1. The second kappa shape index (κ2) is 8.74. The van der Waals surface area contributed by atoms with Crippen molar-refractivity contribution in [1.29, 1.82) is 0 Å². The van der Waals surface area contributed by atoms with Crippen LogP contribution in [0.1, 0.15) is 24.0 Å². The van der Waals surface area contributed by atoms with E-state index < -0.39 is 0 Å². The highest BCUT2D eigenvalue weighted by Crippen LogP contribution is 2.30. The van der Waals surface area contributed by atoms with Crippen molar-refractivity contribution < 1.29 is 4.79 Å². The molecule has 5 rings (SSSR count). The van der Waals surface area contributed by atoms with E-state index in [-0.39, 0.29) is 23.9 Å². The van der Waals surface area contributed by atoms with Crippen LogP contribution in [0.3, 0.4) is 0 Å². The van der Waals surface area contributed by atoms with Crippen molar-refractivity contribution in [3.8, 4) is 0 Å². The quantitative estimate of drug-likeness (QED) is 0.732. The SMILES string of the molecule is CN(Cc1ccccc1)C(=O)C1CCN(C2C=NN3C=C(c4cnn(C)c4)C=CC23)CC1. The van der Waals surface area contributed by atoms with Crippen molar-refractivity contribution >= 4 is 17.7 Å². The van der Waals surface area contributed by atoms with Crippen molar-refractivity contribution in [1.82, 2.24) is 24.6 Å². The van der Waals surface area contributed by atoms with E-state index in [9.17, 15) is 4.79 Å². The first-order chi connectivity index (χ1) is 15.6. The van der Waals surface area contributed by atoms with Gasteiger partial charge in [0.25, 0.3) is 0 Å². The molecule has 0 radical (unpaired) electrons. The Morgan fingerprint density at radius 2 is 1.94 bits per heavy atom. The van der Waals surface area contributed by atoms with E-state index in [2.05, 4.69) is 56.8 Å². The van der Waals surface area contributed by atoms with Gasteiger partial charge in [-0.25, -0.2) is 0 Å². The normalized spacial score (nSPS) is 23.3.